The van der Waals surface area contributed by atoms with E-state index in [1.807, 2.05) is 0 Å². The molecule has 0 fully saturated rings. The number of ether oxygens (including phenoxy) is 2. The zero-order valence-electron chi connectivity index (χ0n) is 10.2. The number of nitrogen functional groups attached to an aromatic ring is 1. The molecule has 2 aromatic rings. The van der Waals surface area contributed by atoms with E-state index in [9.17, 15) is 9.90 Å². The first-order chi connectivity index (χ1) is 9.10. The molecule has 0 aliphatic heterocycles. The van der Waals surface area contributed by atoms with Crippen molar-refractivity contribution < 1.29 is 19.4 Å². The number of carbonyl (C=O) groups is 1. The number of methoxy groups -OCH3 is 2. The number of thiophene rings is 1. The van der Waals surface area contributed by atoms with Crippen LogP contribution in [-0.2, 0) is 9.47 Å². The Balaban J connectivity index is 2.49. The first-order valence-electron chi connectivity index (χ1n) is 5.16. The molecule has 2 rings (SSSR count). The number of hydrogen-bond acceptors (Lipinski definition) is 8. The first-order valence-corrected chi connectivity index (χ1v) is 6.04. The fourth-order valence-corrected chi connectivity index (χ4v) is 2.51. The maximum Gasteiger partial charge on any atom is 0.194 e. The molecular weight excluding hydrogens is 272 g/mol. The van der Waals surface area contributed by atoms with E-state index < -0.39 is 18.0 Å². The molecule has 0 aromatic carbocycles. The number of aromatic carboxylic acids is 1. The topological polar surface area (TPSA) is 115 Å². The van der Waals surface area contributed by atoms with Gasteiger partial charge in [-0.15, -0.1) is 16.4 Å². The molecule has 0 amide bonds. The third kappa shape index (κ3) is 2.30. The molecule has 19 heavy (non-hydrogen) atoms. The molecule has 0 atom stereocenters. The molecular formula is C10H11N4O4S-. The lowest BCUT2D eigenvalue weighted by atomic mass is 10.3. The van der Waals surface area contributed by atoms with Crippen molar-refractivity contribution in [3.8, 4) is 5.69 Å². The number of carbonyl (C=O) groups excluding carboxylic acids is 1. The Hall–Kier alpha value is -1.97. The number of hydrogen-bond donors (Lipinski definition) is 1. The van der Waals surface area contributed by atoms with Gasteiger partial charge in [0.1, 0.15) is 0 Å². The SMILES string of the molecule is COC(OC)c1sccc1-n1nnc(C(=O)[O-])c1N. The highest BCUT2D eigenvalue weighted by atomic mass is 32.1. The summed E-state index contributed by atoms with van der Waals surface area (Å²) in [5.41, 5.74) is 5.84. The van der Waals surface area contributed by atoms with Crippen LogP contribution >= 0.6 is 11.3 Å². The van der Waals surface area contributed by atoms with Gasteiger partial charge in [-0.2, -0.15) is 4.68 Å². The summed E-state index contributed by atoms with van der Waals surface area (Å²) >= 11 is 1.37. The number of carboxylic acid groups (broad SMARTS) is 1. The van der Waals surface area contributed by atoms with Gasteiger partial charge in [-0.05, 0) is 11.4 Å². The van der Waals surface area contributed by atoms with Crippen LogP contribution in [-0.4, -0.2) is 35.2 Å². The molecule has 0 radical (unpaired) electrons. The van der Waals surface area contributed by atoms with Crippen molar-refractivity contribution in [1.29, 1.82) is 0 Å². The summed E-state index contributed by atoms with van der Waals surface area (Å²) in [4.78, 5) is 11.5. The van der Waals surface area contributed by atoms with Crippen LogP contribution in [0.5, 0.6) is 0 Å². The zero-order chi connectivity index (χ0) is 14.0. The number of rotatable bonds is 5. The van der Waals surface area contributed by atoms with Crippen LogP contribution in [0.1, 0.15) is 21.7 Å². The summed E-state index contributed by atoms with van der Waals surface area (Å²) in [7, 11) is 2.99. The molecule has 0 saturated heterocycles. The second-order valence-electron chi connectivity index (χ2n) is 3.50. The zero-order valence-corrected chi connectivity index (χ0v) is 11.0. The third-order valence-electron chi connectivity index (χ3n) is 2.44. The number of nitrogens with two attached hydrogens (primary N) is 1. The van der Waals surface area contributed by atoms with Crippen molar-refractivity contribution in [3.63, 3.8) is 0 Å². The molecule has 0 aliphatic rings. The highest BCUT2D eigenvalue weighted by Gasteiger charge is 2.20. The minimum Gasteiger partial charge on any atom is -0.543 e. The molecule has 8 nitrogen and oxygen atoms in total. The van der Waals surface area contributed by atoms with Gasteiger partial charge in [0.15, 0.2) is 17.8 Å². The van der Waals surface area contributed by atoms with Gasteiger partial charge >= 0.3 is 0 Å². The van der Waals surface area contributed by atoms with E-state index in [2.05, 4.69) is 10.3 Å². The van der Waals surface area contributed by atoms with E-state index in [0.29, 0.717) is 10.6 Å². The van der Waals surface area contributed by atoms with Gasteiger partial charge in [-0.1, -0.05) is 5.21 Å². The summed E-state index contributed by atoms with van der Waals surface area (Å²) in [6, 6.07) is 1.72. The Morgan fingerprint density at radius 3 is 2.74 bits per heavy atom. The Labute approximate surface area is 112 Å². The smallest absolute Gasteiger partial charge is 0.194 e. The minimum absolute atomic E-state index is 0.106. The molecule has 0 saturated carbocycles. The highest BCUT2D eigenvalue weighted by molar-refractivity contribution is 7.10. The fourth-order valence-electron chi connectivity index (χ4n) is 1.59. The summed E-state index contributed by atoms with van der Waals surface area (Å²) < 4.78 is 11.5. The average molecular weight is 283 g/mol. The van der Waals surface area contributed by atoms with Crippen LogP contribution in [0.25, 0.3) is 5.69 Å². The number of anilines is 1. The Morgan fingerprint density at radius 2 is 2.21 bits per heavy atom. The average Bonchev–Trinajstić information content (AvgIpc) is 2.97. The molecule has 2 aromatic heterocycles. The van der Waals surface area contributed by atoms with Gasteiger partial charge in [-0.25, -0.2) is 0 Å². The van der Waals surface area contributed by atoms with Crippen LogP contribution in [0.3, 0.4) is 0 Å². The Kier molecular flexibility index (Phi) is 3.79. The Morgan fingerprint density at radius 1 is 1.53 bits per heavy atom. The van der Waals surface area contributed by atoms with Gasteiger partial charge in [0, 0.05) is 14.2 Å². The largest absolute Gasteiger partial charge is 0.543 e. The summed E-state index contributed by atoms with van der Waals surface area (Å²) in [6.07, 6.45) is -0.593. The van der Waals surface area contributed by atoms with Crippen LogP contribution in [0.4, 0.5) is 5.82 Å². The minimum atomic E-state index is -1.48. The molecule has 2 heterocycles. The van der Waals surface area contributed by atoms with Gasteiger partial charge in [-0.3, -0.25) is 0 Å². The lowest BCUT2D eigenvalue weighted by Crippen LogP contribution is -2.24. The van der Waals surface area contributed by atoms with E-state index in [1.165, 1.54) is 30.2 Å². The molecule has 2 N–H and O–H groups in total. The van der Waals surface area contributed by atoms with E-state index in [4.69, 9.17) is 15.2 Å². The third-order valence-corrected chi connectivity index (χ3v) is 3.37. The first kappa shape index (κ1) is 13.5. The highest BCUT2D eigenvalue weighted by Crippen LogP contribution is 2.31. The van der Waals surface area contributed by atoms with Gasteiger partial charge < -0.3 is 25.1 Å². The van der Waals surface area contributed by atoms with E-state index in [-0.39, 0.29) is 5.82 Å². The van der Waals surface area contributed by atoms with Crippen molar-refractivity contribution in [2.24, 2.45) is 0 Å². The number of nitrogens with zero attached hydrogens (tertiary/aromatic N) is 3. The lowest BCUT2D eigenvalue weighted by Gasteiger charge is -2.14. The van der Waals surface area contributed by atoms with Gasteiger partial charge in [0.2, 0.25) is 0 Å². The van der Waals surface area contributed by atoms with Crippen LogP contribution in [0.15, 0.2) is 11.4 Å². The molecule has 0 bridgehead atoms. The summed E-state index contributed by atoms with van der Waals surface area (Å²) in [6.45, 7) is 0. The second-order valence-corrected chi connectivity index (χ2v) is 4.44. The predicted molar refractivity (Wildman–Crippen MR) is 64.7 cm³/mol. The summed E-state index contributed by atoms with van der Waals surface area (Å²) in [5, 5.41) is 19.7. The summed E-state index contributed by atoms with van der Waals surface area (Å²) in [5.74, 6) is -1.58. The fraction of sp³-hybridized carbons (Fsp3) is 0.300. The van der Waals surface area contributed by atoms with Crippen LogP contribution in [0, 0.1) is 0 Å². The van der Waals surface area contributed by atoms with Gasteiger partial charge in [0.25, 0.3) is 0 Å². The maximum atomic E-state index is 10.8. The molecule has 9 heteroatoms. The van der Waals surface area contributed by atoms with Crippen molar-refractivity contribution in [2.75, 3.05) is 20.0 Å². The standard InChI is InChI=1S/C10H12N4O4S/c1-17-10(18-2)7-5(3-4-19-7)14-8(11)6(9(15)16)12-13-14/h3-4,10H,11H2,1-2H3,(H,15,16)/p-1. The van der Waals surface area contributed by atoms with E-state index in [1.54, 1.807) is 11.4 Å². The predicted octanol–water partition coefficient (Wildman–Crippen LogP) is -0.434. The second kappa shape index (κ2) is 5.34. The van der Waals surface area contributed by atoms with Crippen molar-refractivity contribution in [1.82, 2.24) is 15.0 Å². The Bertz CT molecular complexity index is 590. The molecule has 0 spiro atoms. The molecule has 102 valence electrons. The molecule has 0 aliphatic carbocycles. The normalized spacial score (nSPS) is 11.1. The van der Waals surface area contributed by atoms with Crippen molar-refractivity contribution in [3.05, 3.63) is 22.0 Å². The number of aromatic nitrogens is 3. The van der Waals surface area contributed by atoms with Crippen molar-refractivity contribution in [2.45, 2.75) is 6.29 Å². The monoisotopic (exact) mass is 283 g/mol. The van der Waals surface area contributed by atoms with E-state index >= 15 is 0 Å². The molecule has 0 unspecified atom stereocenters. The van der Waals surface area contributed by atoms with Crippen LogP contribution < -0.4 is 10.8 Å². The maximum absolute atomic E-state index is 10.8. The van der Waals surface area contributed by atoms with E-state index in [0.717, 1.165) is 0 Å². The van der Waals surface area contributed by atoms with Gasteiger partial charge in [0.05, 0.1) is 16.5 Å². The van der Waals surface area contributed by atoms with Crippen molar-refractivity contribution >= 4 is 23.1 Å². The lowest BCUT2D eigenvalue weighted by molar-refractivity contribution is -0.255. The quantitative estimate of drug-likeness (QED) is 0.740. The van der Waals surface area contributed by atoms with Crippen LogP contribution in [0.2, 0.25) is 0 Å². The number of carboxylic acids is 1.